The molecule has 1 aromatic heterocycles. The summed E-state index contributed by atoms with van der Waals surface area (Å²) in [6.45, 7) is 17.7. The number of benzene rings is 2. The molecule has 0 bridgehead atoms. The number of para-hydroxylation sites is 2. The number of pyridine rings is 1. The Balaban J connectivity index is 0.00000432. The molecule has 0 radical (unpaired) electrons. The summed E-state index contributed by atoms with van der Waals surface area (Å²) in [5, 5.41) is 0. The van der Waals surface area contributed by atoms with Gasteiger partial charge in [0.25, 0.3) is 0 Å². The number of hydrogen-bond donors (Lipinski definition) is 0. The molecule has 0 saturated carbocycles. The summed E-state index contributed by atoms with van der Waals surface area (Å²) in [7, 11) is 0. The van der Waals surface area contributed by atoms with Gasteiger partial charge in [-0.1, -0.05) is 97.9 Å². The third-order valence-electron chi connectivity index (χ3n) is 6.13. The van der Waals surface area contributed by atoms with Crippen LogP contribution >= 0.6 is 0 Å². The van der Waals surface area contributed by atoms with Gasteiger partial charge in [-0.2, -0.15) is 0 Å². The first-order chi connectivity index (χ1) is 16.2. The van der Waals surface area contributed by atoms with Crippen LogP contribution in [0.4, 0.5) is 11.4 Å². The van der Waals surface area contributed by atoms with Gasteiger partial charge < -0.3 is 0 Å². The first-order valence-electron chi connectivity index (χ1n) is 12.5. The van der Waals surface area contributed by atoms with Crippen molar-refractivity contribution in [1.82, 2.24) is 4.98 Å². The third-order valence-corrected chi connectivity index (χ3v) is 6.13. The minimum absolute atomic E-state index is 0. The van der Waals surface area contributed by atoms with Crippen LogP contribution in [-0.4, -0.2) is 17.4 Å². The second-order valence-corrected chi connectivity index (χ2v) is 10.2. The van der Waals surface area contributed by atoms with Crippen LogP contribution < -0.4 is 0 Å². The van der Waals surface area contributed by atoms with E-state index in [0.717, 1.165) is 22.8 Å². The maximum Gasteiger partial charge on any atom is 2.00 e. The van der Waals surface area contributed by atoms with Crippen molar-refractivity contribution in [3.8, 4) is 0 Å². The van der Waals surface area contributed by atoms with E-state index in [9.17, 15) is 0 Å². The van der Waals surface area contributed by atoms with Crippen molar-refractivity contribution in [3.05, 3.63) is 88.2 Å². The quantitative estimate of drug-likeness (QED) is 0.220. The van der Waals surface area contributed by atoms with Crippen molar-refractivity contribution in [2.24, 2.45) is 9.98 Å². The molecule has 3 nitrogen and oxygen atoms in total. The predicted octanol–water partition coefficient (Wildman–Crippen LogP) is 9.07. The molecule has 0 N–H and O–H groups in total. The van der Waals surface area contributed by atoms with Gasteiger partial charge in [0.1, 0.15) is 0 Å². The number of rotatable bonds is 8. The van der Waals surface area contributed by atoms with Crippen LogP contribution in [0.2, 0.25) is 0 Å². The average Bonchev–Trinajstić information content (AvgIpc) is 2.80. The van der Waals surface area contributed by atoms with E-state index in [-0.39, 0.29) is 17.1 Å². The molecule has 0 saturated heterocycles. The third kappa shape index (κ3) is 7.22. The van der Waals surface area contributed by atoms with Crippen molar-refractivity contribution < 1.29 is 17.1 Å². The summed E-state index contributed by atoms with van der Waals surface area (Å²) < 4.78 is 0. The van der Waals surface area contributed by atoms with Crippen LogP contribution in [0.25, 0.3) is 0 Å². The van der Waals surface area contributed by atoms with Crippen LogP contribution in [-0.2, 0) is 17.1 Å². The first-order valence-corrected chi connectivity index (χ1v) is 12.5. The monoisotopic (exact) mass is 509 g/mol. The molecule has 0 unspecified atom stereocenters. The molecule has 184 valence electrons. The Morgan fingerprint density at radius 2 is 0.800 bits per heavy atom. The number of aliphatic imine (C=N–C) groups is 2. The number of nitrogens with zero attached hydrogens (tertiary/aromatic N) is 3. The maximum absolute atomic E-state index is 4.92. The van der Waals surface area contributed by atoms with Crippen molar-refractivity contribution in [3.63, 3.8) is 0 Å². The van der Waals surface area contributed by atoms with Gasteiger partial charge in [0.2, 0.25) is 0 Å². The Labute approximate surface area is 222 Å². The minimum Gasteiger partial charge on any atom is -0.254 e. The van der Waals surface area contributed by atoms with Gasteiger partial charge in [0.15, 0.2) is 0 Å². The molecule has 0 spiro atoms. The summed E-state index contributed by atoms with van der Waals surface area (Å²) in [6.07, 6.45) is 3.76. The molecule has 0 atom stereocenters. The maximum atomic E-state index is 4.92. The van der Waals surface area contributed by atoms with E-state index in [1.807, 2.05) is 30.6 Å². The normalized spacial score (nSPS) is 12.0. The van der Waals surface area contributed by atoms with Crippen molar-refractivity contribution in [1.29, 1.82) is 0 Å². The molecule has 1 heterocycles. The van der Waals surface area contributed by atoms with Crippen molar-refractivity contribution >= 4 is 23.8 Å². The second-order valence-electron chi connectivity index (χ2n) is 10.2. The van der Waals surface area contributed by atoms with Gasteiger partial charge in [0.05, 0.1) is 35.2 Å². The summed E-state index contributed by atoms with van der Waals surface area (Å²) in [6, 6.07) is 19.0. The van der Waals surface area contributed by atoms with Crippen molar-refractivity contribution in [2.75, 3.05) is 0 Å². The number of aromatic nitrogens is 1. The average molecular weight is 510 g/mol. The van der Waals surface area contributed by atoms with Crippen LogP contribution in [0.15, 0.2) is 64.6 Å². The summed E-state index contributed by atoms with van der Waals surface area (Å²) in [4.78, 5) is 14.6. The van der Waals surface area contributed by atoms with E-state index in [1.165, 1.54) is 22.3 Å². The molecular formula is C31H39FeN3+2. The molecule has 2 aromatic carbocycles. The molecule has 0 aliphatic heterocycles. The fourth-order valence-electron chi connectivity index (χ4n) is 4.20. The van der Waals surface area contributed by atoms with E-state index in [1.54, 1.807) is 0 Å². The van der Waals surface area contributed by atoms with Gasteiger partial charge in [-0.25, -0.2) is 4.98 Å². The zero-order valence-electron chi connectivity index (χ0n) is 22.4. The van der Waals surface area contributed by atoms with E-state index < -0.39 is 0 Å². The Morgan fingerprint density at radius 1 is 0.514 bits per heavy atom. The van der Waals surface area contributed by atoms with Gasteiger partial charge >= 0.3 is 17.1 Å². The van der Waals surface area contributed by atoms with Crippen LogP contribution in [0.3, 0.4) is 0 Å². The largest absolute Gasteiger partial charge is 2.00 e. The molecule has 0 fully saturated rings. The summed E-state index contributed by atoms with van der Waals surface area (Å²) in [5.74, 6) is 1.64. The fraction of sp³-hybridized carbons (Fsp3) is 0.387. The predicted molar refractivity (Wildman–Crippen MR) is 148 cm³/mol. The topological polar surface area (TPSA) is 37.6 Å². The van der Waals surface area contributed by atoms with Crippen molar-refractivity contribution in [2.45, 2.75) is 79.1 Å². The molecule has 0 aliphatic rings. The van der Waals surface area contributed by atoms with Crippen LogP contribution in [0.1, 0.15) is 113 Å². The molecule has 3 aromatic rings. The Kier molecular flexibility index (Phi) is 10.6. The Bertz CT molecular complexity index is 1030. The van der Waals surface area contributed by atoms with Gasteiger partial charge in [0, 0.05) is 0 Å². The molecule has 4 heteroatoms. The fourth-order valence-corrected chi connectivity index (χ4v) is 4.20. The molecule has 3 rings (SSSR count). The summed E-state index contributed by atoms with van der Waals surface area (Å²) in [5.41, 5.74) is 8.88. The molecular weight excluding hydrogens is 470 g/mol. The smallest absolute Gasteiger partial charge is 0.254 e. The molecule has 0 amide bonds. The minimum atomic E-state index is 0. The summed E-state index contributed by atoms with van der Waals surface area (Å²) >= 11 is 0. The number of hydrogen-bond acceptors (Lipinski definition) is 3. The molecule has 35 heavy (non-hydrogen) atoms. The van der Waals surface area contributed by atoms with Gasteiger partial charge in [-0.15, -0.1) is 0 Å². The van der Waals surface area contributed by atoms with E-state index in [2.05, 4.69) is 91.8 Å². The van der Waals surface area contributed by atoms with Crippen LogP contribution in [0.5, 0.6) is 0 Å². The van der Waals surface area contributed by atoms with E-state index in [0.29, 0.717) is 23.7 Å². The Hall–Kier alpha value is -2.55. The van der Waals surface area contributed by atoms with E-state index >= 15 is 0 Å². The SMILES string of the molecule is CC(C)c1cccc(C(C)C)c1N=Cc1cccc(C=Nc2c(C(C)C)cccc2C(C)C)n1.[Fe+2]. The second kappa shape index (κ2) is 13.0. The standard InChI is InChI=1S/C31H39N3.Fe/c1-20(2)26-14-10-15-27(21(3)4)30(26)32-18-24-12-9-13-25(34-24)19-33-31-28(22(5)6)16-11-17-29(31)23(7)8;/h9-23H,1-8H3;/q;+2. The van der Waals surface area contributed by atoms with Gasteiger partial charge in [-0.3, -0.25) is 9.98 Å². The zero-order valence-corrected chi connectivity index (χ0v) is 23.5. The molecule has 0 aliphatic carbocycles. The Morgan fingerprint density at radius 3 is 1.09 bits per heavy atom. The zero-order chi connectivity index (χ0) is 24.8. The van der Waals surface area contributed by atoms with Crippen LogP contribution in [0, 0.1) is 0 Å². The first kappa shape index (κ1) is 28.7. The van der Waals surface area contributed by atoms with Gasteiger partial charge in [-0.05, 0) is 58.1 Å². The van der Waals surface area contributed by atoms with E-state index in [4.69, 9.17) is 15.0 Å².